The second-order valence-corrected chi connectivity index (χ2v) is 8.17. The van der Waals surface area contributed by atoms with Gasteiger partial charge in [0.05, 0.1) is 11.2 Å². The van der Waals surface area contributed by atoms with Crippen LogP contribution in [0.25, 0.3) is 0 Å². The summed E-state index contributed by atoms with van der Waals surface area (Å²) in [5, 5.41) is 8.37. The fourth-order valence-electron chi connectivity index (χ4n) is 2.86. The highest BCUT2D eigenvalue weighted by Gasteiger charge is 2.44. The Morgan fingerprint density at radius 2 is 1.89 bits per heavy atom. The van der Waals surface area contributed by atoms with E-state index >= 15 is 0 Å². The van der Waals surface area contributed by atoms with Crippen molar-refractivity contribution in [3.8, 4) is 0 Å². The molecule has 1 aliphatic rings. The zero-order valence-electron chi connectivity index (χ0n) is 12.2. The summed E-state index contributed by atoms with van der Waals surface area (Å²) in [5.41, 5.74) is 0. The topological polar surface area (TPSA) is 74.7 Å². The second-order valence-electron chi connectivity index (χ2n) is 5.95. The van der Waals surface area contributed by atoms with Gasteiger partial charge in [0.15, 0.2) is 0 Å². The van der Waals surface area contributed by atoms with E-state index < -0.39 is 27.2 Å². The van der Waals surface area contributed by atoms with Gasteiger partial charge in [-0.15, -0.1) is 0 Å². The Kier molecular flexibility index (Phi) is 5.38. The molecule has 6 heteroatoms. The average Bonchev–Trinajstić information content (AvgIpc) is 2.76. The Balaban J connectivity index is 2.87. The summed E-state index contributed by atoms with van der Waals surface area (Å²) in [6.07, 6.45) is 2.37. The second kappa shape index (κ2) is 6.22. The fraction of sp³-hybridized carbons (Fsp3) is 0.923. The smallest absolute Gasteiger partial charge is 0.307 e. The van der Waals surface area contributed by atoms with Crippen LogP contribution in [0.2, 0.25) is 0 Å². The van der Waals surface area contributed by atoms with E-state index in [1.807, 2.05) is 20.8 Å². The minimum absolute atomic E-state index is 0.0972. The van der Waals surface area contributed by atoms with E-state index in [-0.39, 0.29) is 6.04 Å². The van der Waals surface area contributed by atoms with Gasteiger partial charge in [0.25, 0.3) is 0 Å². The van der Waals surface area contributed by atoms with Crippen LogP contribution in [0, 0.1) is 11.8 Å². The highest BCUT2D eigenvalue weighted by molar-refractivity contribution is 7.89. The molecule has 0 heterocycles. The Morgan fingerprint density at radius 3 is 2.37 bits per heavy atom. The quantitative estimate of drug-likeness (QED) is 0.811. The molecule has 112 valence electrons. The van der Waals surface area contributed by atoms with Crippen molar-refractivity contribution in [1.29, 1.82) is 0 Å². The van der Waals surface area contributed by atoms with Crippen LogP contribution in [0.1, 0.15) is 46.5 Å². The normalized spacial score (nSPS) is 26.0. The number of aliphatic carboxylic acids is 1. The number of hydrogen-bond acceptors (Lipinski definition) is 3. The molecule has 0 bridgehead atoms. The maximum Gasteiger partial charge on any atom is 0.307 e. The highest BCUT2D eigenvalue weighted by atomic mass is 32.2. The van der Waals surface area contributed by atoms with Crippen molar-refractivity contribution in [1.82, 2.24) is 4.31 Å². The first kappa shape index (κ1) is 16.4. The van der Waals surface area contributed by atoms with Gasteiger partial charge in [-0.1, -0.05) is 20.3 Å². The monoisotopic (exact) mass is 291 g/mol. The number of hydrogen-bond donors (Lipinski definition) is 1. The molecule has 0 aliphatic heterocycles. The number of carbonyl (C=O) groups is 1. The molecule has 0 saturated heterocycles. The van der Waals surface area contributed by atoms with Gasteiger partial charge in [0.2, 0.25) is 10.0 Å². The maximum absolute atomic E-state index is 12.5. The molecule has 3 unspecified atom stereocenters. The van der Waals surface area contributed by atoms with Crippen molar-refractivity contribution in [2.24, 2.45) is 11.8 Å². The van der Waals surface area contributed by atoms with Crippen molar-refractivity contribution in [2.45, 2.75) is 57.7 Å². The lowest BCUT2D eigenvalue weighted by molar-refractivity contribution is -0.141. The first-order valence-corrected chi connectivity index (χ1v) is 8.38. The molecular formula is C13H25NO4S. The summed E-state index contributed by atoms with van der Waals surface area (Å²) >= 11 is 0. The highest BCUT2D eigenvalue weighted by Crippen LogP contribution is 2.33. The SMILES string of the molecule is CC(C)CC(C)N(C)S(=O)(=O)C1CCCC1C(=O)O. The molecule has 0 aromatic carbocycles. The van der Waals surface area contributed by atoms with Crippen molar-refractivity contribution in [3.05, 3.63) is 0 Å². The molecule has 0 aromatic heterocycles. The van der Waals surface area contributed by atoms with Crippen LogP contribution in [0.3, 0.4) is 0 Å². The summed E-state index contributed by atoms with van der Waals surface area (Å²) in [6, 6.07) is -0.0972. The van der Waals surface area contributed by atoms with E-state index in [0.717, 1.165) is 6.42 Å². The summed E-state index contributed by atoms with van der Waals surface area (Å²) < 4.78 is 26.4. The summed E-state index contributed by atoms with van der Waals surface area (Å²) in [6.45, 7) is 5.97. The van der Waals surface area contributed by atoms with Gasteiger partial charge in [-0.3, -0.25) is 4.79 Å². The zero-order chi connectivity index (χ0) is 14.8. The first-order chi connectivity index (χ1) is 8.67. The number of carboxylic acid groups (broad SMARTS) is 1. The van der Waals surface area contributed by atoms with Crippen molar-refractivity contribution in [3.63, 3.8) is 0 Å². The van der Waals surface area contributed by atoms with Gasteiger partial charge in [-0.05, 0) is 32.1 Å². The molecular weight excluding hydrogens is 266 g/mol. The third kappa shape index (κ3) is 3.69. The fourth-order valence-corrected chi connectivity index (χ4v) is 5.01. The standard InChI is InChI=1S/C13H25NO4S/c1-9(2)8-10(3)14(4)19(17,18)12-7-5-6-11(12)13(15)16/h9-12H,5-8H2,1-4H3,(H,15,16). The van der Waals surface area contributed by atoms with Gasteiger partial charge >= 0.3 is 5.97 Å². The predicted octanol–water partition coefficient (Wildman–Crippen LogP) is 1.94. The van der Waals surface area contributed by atoms with Crippen molar-refractivity contribution >= 4 is 16.0 Å². The number of carboxylic acids is 1. The van der Waals surface area contributed by atoms with Gasteiger partial charge in [0.1, 0.15) is 0 Å². The van der Waals surface area contributed by atoms with E-state index in [4.69, 9.17) is 5.11 Å². The molecule has 0 aromatic rings. The zero-order valence-corrected chi connectivity index (χ0v) is 13.0. The first-order valence-electron chi connectivity index (χ1n) is 6.87. The number of nitrogens with zero attached hydrogens (tertiary/aromatic N) is 1. The molecule has 0 amide bonds. The van der Waals surface area contributed by atoms with Gasteiger partial charge in [0, 0.05) is 13.1 Å². The molecule has 0 spiro atoms. The third-order valence-electron chi connectivity index (χ3n) is 3.99. The van der Waals surface area contributed by atoms with Crippen LogP contribution in [-0.4, -0.2) is 42.1 Å². The molecule has 1 fully saturated rings. The van der Waals surface area contributed by atoms with Crippen LogP contribution in [0.5, 0.6) is 0 Å². The largest absolute Gasteiger partial charge is 0.481 e. The molecule has 1 aliphatic carbocycles. The third-order valence-corrected chi connectivity index (χ3v) is 6.48. The predicted molar refractivity (Wildman–Crippen MR) is 74.4 cm³/mol. The Hall–Kier alpha value is -0.620. The molecule has 1 N–H and O–H groups in total. The average molecular weight is 291 g/mol. The van der Waals surface area contributed by atoms with E-state index in [2.05, 4.69) is 0 Å². The molecule has 19 heavy (non-hydrogen) atoms. The summed E-state index contributed by atoms with van der Waals surface area (Å²) in [5.74, 6) is -1.33. The Bertz CT molecular complexity index is 418. The van der Waals surface area contributed by atoms with Crippen LogP contribution in [-0.2, 0) is 14.8 Å². The minimum Gasteiger partial charge on any atom is -0.481 e. The summed E-state index contributed by atoms with van der Waals surface area (Å²) in [4.78, 5) is 11.1. The number of sulfonamides is 1. The molecule has 1 saturated carbocycles. The van der Waals surface area contributed by atoms with Gasteiger partial charge in [-0.25, -0.2) is 12.7 Å². The van der Waals surface area contributed by atoms with E-state index in [0.29, 0.717) is 25.2 Å². The van der Waals surface area contributed by atoms with Gasteiger partial charge < -0.3 is 5.11 Å². The lowest BCUT2D eigenvalue weighted by Gasteiger charge is -2.29. The van der Waals surface area contributed by atoms with Gasteiger partial charge in [-0.2, -0.15) is 0 Å². The van der Waals surface area contributed by atoms with Crippen LogP contribution in [0.4, 0.5) is 0 Å². The molecule has 1 rings (SSSR count). The van der Waals surface area contributed by atoms with Crippen molar-refractivity contribution in [2.75, 3.05) is 7.05 Å². The number of rotatable bonds is 6. The minimum atomic E-state index is -3.53. The lowest BCUT2D eigenvalue weighted by atomic mass is 10.1. The van der Waals surface area contributed by atoms with E-state index in [9.17, 15) is 13.2 Å². The maximum atomic E-state index is 12.5. The Morgan fingerprint density at radius 1 is 1.32 bits per heavy atom. The molecule has 3 atom stereocenters. The Labute approximate surface area is 116 Å². The van der Waals surface area contributed by atoms with Crippen LogP contribution >= 0.6 is 0 Å². The van der Waals surface area contributed by atoms with E-state index in [1.54, 1.807) is 7.05 Å². The van der Waals surface area contributed by atoms with E-state index in [1.165, 1.54) is 4.31 Å². The lowest BCUT2D eigenvalue weighted by Crippen LogP contribution is -2.44. The van der Waals surface area contributed by atoms with Crippen LogP contribution < -0.4 is 0 Å². The molecule has 5 nitrogen and oxygen atoms in total. The van der Waals surface area contributed by atoms with Crippen LogP contribution in [0.15, 0.2) is 0 Å². The van der Waals surface area contributed by atoms with Crippen molar-refractivity contribution < 1.29 is 18.3 Å². The molecule has 0 radical (unpaired) electrons. The summed E-state index contributed by atoms with van der Waals surface area (Å²) in [7, 11) is -1.96.